The molecule has 4 rings (SSSR count). The van der Waals surface area contributed by atoms with Crippen LogP contribution >= 0.6 is 0 Å². The maximum atomic E-state index is 14.0. The zero-order valence-electron chi connectivity index (χ0n) is 18.6. The highest BCUT2D eigenvalue weighted by atomic mass is 19.1. The van der Waals surface area contributed by atoms with E-state index in [2.05, 4.69) is 5.10 Å². The zero-order chi connectivity index (χ0) is 23.7. The van der Waals surface area contributed by atoms with Gasteiger partial charge in [0.05, 0.1) is 28.9 Å². The summed E-state index contributed by atoms with van der Waals surface area (Å²) in [7, 11) is 0. The van der Waals surface area contributed by atoms with Gasteiger partial charge in [-0.15, -0.1) is 0 Å². The number of carbonyl (C=O) groups excluding carboxylic acids is 1. The van der Waals surface area contributed by atoms with Crippen molar-refractivity contribution in [1.29, 1.82) is 0 Å². The summed E-state index contributed by atoms with van der Waals surface area (Å²) in [5.41, 5.74) is 2.02. The molecule has 8 heteroatoms. The van der Waals surface area contributed by atoms with Crippen LogP contribution in [0.1, 0.15) is 51.0 Å². The summed E-state index contributed by atoms with van der Waals surface area (Å²) in [6.45, 7) is 4.77. The van der Waals surface area contributed by atoms with Crippen molar-refractivity contribution in [3.63, 3.8) is 0 Å². The van der Waals surface area contributed by atoms with Gasteiger partial charge in [0.2, 0.25) is 5.88 Å². The summed E-state index contributed by atoms with van der Waals surface area (Å²) in [6, 6.07) is 10.7. The van der Waals surface area contributed by atoms with Crippen LogP contribution in [-0.2, 0) is 6.61 Å². The summed E-state index contributed by atoms with van der Waals surface area (Å²) in [4.78, 5) is 13.2. The number of rotatable bonds is 8. The van der Waals surface area contributed by atoms with Crippen LogP contribution in [0.3, 0.4) is 0 Å². The van der Waals surface area contributed by atoms with Gasteiger partial charge in [0.1, 0.15) is 29.8 Å². The Morgan fingerprint density at radius 3 is 2.52 bits per heavy atom. The van der Waals surface area contributed by atoms with Crippen LogP contribution in [0.2, 0.25) is 0 Å². The second-order valence-corrected chi connectivity index (χ2v) is 8.07. The molecule has 0 fully saturated rings. The molecule has 0 aliphatic rings. The van der Waals surface area contributed by atoms with Gasteiger partial charge in [-0.3, -0.25) is 4.79 Å². The van der Waals surface area contributed by atoms with Crippen LogP contribution in [0, 0.1) is 32.4 Å². The fourth-order valence-corrected chi connectivity index (χ4v) is 3.88. The number of benzene rings is 1. The Kier molecular flexibility index (Phi) is 6.29. The second kappa shape index (κ2) is 9.15. The molecule has 0 radical (unpaired) electrons. The Bertz CT molecular complexity index is 1310. The van der Waals surface area contributed by atoms with Gasteiger partial charge in [-0.1, -0.05) is 6.07 Å². The van der Waals surface area contributed by atoms with Crippen molar-refractivity contribution in [2.24, 2.45) is 0 Å². The highest BCUT2D eigenvalue weighted by molar-refractivity contribution is 6.04. The lowest BCUT2D eigenvalue weighted by atomic mass is 9.96. The molecular weight excluding hydrogens is 430 g/mol. The number of pyridine rings is 1. The van der Waals surface area contributed by atoms with Gasteiger partial charge < -0.3 is 14.3 Å². The van der Waals surface area contributed by atoms with Crippen molar-refractivity contribution in [2.45, 2.75) is 39.7 Å². The predicted octanol–water partition coefficient (Wildman–Crippen LogP) is 5.06. The number of Topliss-reactive ketones (excluding diaryl/α,β-unsaturated/α-hetero) is 1. The number of halogens is 2. The molecule has 1 aromatic carbocycles. The van der Waals surface area contributed by atoms with Crippen molar-refractivity contribution in [2.75, 3.05) is 6.61 Å². The van der Waals surface area contributed by atoms with Gasteiger partial charge in [0.25, 0.3) is 0 Å². The molecule has 1 N–H and O–H groups in total. The Balaban J connectivity index is 1.66. The average molecular weight is 454 g/mol. The number of hydrogen-bond acceptors (Lipinski definition) is 5. The first-order chi connectivity index (χ1) is 15.8. The van der Waals surface area contributed by atoms with Crippen LogP contribution in [0.15, 0.2) is 46.9 Å². The molecule has 3 aromatic heterocycles. The first-order valence-corrected chi connectivity index (χ1v) is 10.5. The lowest BCUT2D eigenvalue weighted by molar-refractivity contribution is 0.0955. The summed E-state index contributed by atoms with van der Waals surface area (Å²) in [5.74, 6) is -0.576. The van der Waals surface area contributed by atoms with Crippen molar-refractivity contribution in [3.05, 3.63) is 88.0 Å². The van der Waals surface area contributed by atoms with E-state index < -0.39 is 17.6 Å². The highest BCUT2D eigenvalue weighted by Gasteiger charge is 2.25. The van der Waals surface area contributed by atoms with Gasteiger partial charge in [0, 0.05) is 18.4 Å². The first-order valence-electron chi connectivity index (χ1n) is 10.5. The van der Waals surface area contributed by atoms with E-state index in [-0.39, 0.29) is 36.9 Å². The van der Waals surface area contributed by atoms with E-state index in [1.165, 1.54) is 22.7 Å². The average Bonchev–Trinajstić information content (AvgIpc) is 3.34. The van der Waals surface area contributed by atoms with E-state index in [0.29, 0.717) is 28.3 Å². The molecule has 0 bridgehead atoms. The zero-order valence-corrected chi connectivity index (χ0v) is 18.6. The molecule has 0 aliphatic heterocycles. The molecular formula is C25H24F2N2O4. The molecule has 3 heterocycles. The monoisotopic (exact) mass is 454 g/mol. The van der Waals surface area contributed by atoms with Crippen molar-refractivity contribution >= 4 is 11.3 Å². The fraction of sp³-hybridized carbons (Fsp3) is 0.280. The van der Waals surface area contributed by atoms with Gasteiger partial charge in [-0.05, 0) is 56.7 Å². The number of aliphatic hydroxyl groups excluding tert-OH is 1. The van der Waals surface area contributed by atoms with E-state index >= 15 is 0 Å². The third-order valence-electron chi connectivity index (χ3n) is 5.54. The molecule has 4 aromatic rings. The maximum absolute atomic E-state index is 14.0. The number of nitrogens with zero attached hydrogens (tertiary/aromatic N) is 2. The smallest absolute Gasteiger partial charge is 0.215 e. The van der Waals surface area contributed by atoms with Gasteiger partial charge in [-0.25, -0.2) is 13.3 Å². The van der Waals surface area contributed by atoms with E-state index in [9.17, 15) is 18.7 Å². The Labute approximate surface area is 189 Å². The van der Waals surface area contributed by atoms with Gasteiger partial charge >= 0.3 is 0 Å². The standard InChI is InChI=1S/C25H24F2N2O4/c1-14-9-21-25(22(31)11-17(12-30)23-8-7-15(2)33-23)16(3)28-29(21)24(10-14)32-13-18-19(26)5-4-6-20(18)27/h4-10,17,30H,11-13H2,1-3H3/t17-/m1/s1. The quantitative estimate of drug-likeness (QED) is 0.377. The van der Waals surface area contributed by atoms with Crippen molar-refractivity contribution < 1.29 is 27.8 Å². The number of aliphatic hydroxyl groups is 1. The second-order valence-electron chi connectivity index (χ2n) is 8.07. The normalized spacial score (nSPS) is 12.3. The lowest BCUT2D eigenvalue weighted by Crippen LogP contribution is -2.11. The highest BCUT2D eigenvalue weighted by Crippen LogP contribution is 2.29. The van der Waals surface area contributed by atoms with Crippen molar-refractivity contribution in [1.82, 2.24) is 9.61 Å². The predicted molar refractivity (Wildman–Crippen MR) is 118 cm³/mol. The Morgan fingerprint density at radius 1 is 1.15 bits per heavy atom. The maximum Gasteiger partial charge on any atom is 0.215 e. The first kappa shape index (κ1) is 22.7. The Hall–Kier alpha value is -3.52. The molecule has 6 nitrogen and oxygen atoms in total. The van der Waals surface area contributed by atoms with Crippen LogP contribution in [-0.4, -0.2) is 27.1 Å². The molecule has 0 saturated heterocycles. The topological polar surface area (TPSA) is 77.0 Å². The molecule has 0 aliphatic carbocycles. The lowest BCUT2D eigenvalue weighted by Gasteiger charge is -2.12. The molecule has 0 saturated carbocycles. The van der Waals surface area contributed by atoms with Crippen LogP contribution < -0.4 is 4.74 Å². The molecule has 0 spiro atoms. The minimum Gasteiger partial charge on any atom is -0.473 e. The summed E-state index contributed by atoms with van der Waals surface area (Å²) >= 11 is 0. The summed E-state index contributed by atoms with van der Waals surface area (Å²) in [6.07, 6.45) is 0.0379. The number of fused-ring (bicyclic) bond motifs is 1. The summed E-state index contributed by atoms with van der Waals surface area (Å²) in [5, 5.41) is 14.3. The molecule has 0 unspecified atom stereocenters. The number of hydrogen-bond donors (Lipinski definition) is 1. The Morgan fingerprint density at radius 2 is 1.88 bits per heavy atom. The molecule has 172 valence electrons. The largest absolute Gasteiger partial charge is 0.473 e. The number of aromatic nitrogens is 2. The number of furan rings is 1. The number of carbonyl (C=O) groups is 1. The van der Waals surface area contributed by atoms with E-state index in [0.717, 1.165) is 5.56 Å². The van der Waals surface area contributed by atoms with Crippen molar-refractivity contribution in [3.8, 4) is 5.88 Å². The van der Waals surface area contributed by atoms with E-state index in [1.807, 2.05) is 6.92 Å². The van der Waals surface area contributed by atoms with E-state index in [1.54, 1.807) is 38.1 Å². The number of aryl methyl sites for hydroxylation is 3. The van der Waals surface area contributed by atoms with Crippen LogP contribution in [0.25, 0.3) is 5.52 Å². The minimum atomic E-state index is -0.699. The van der Waals surface area contributed by atoms with Gasteiger partial charge in [-0.2, -0.15) is 5.10 Å². The number of ether oxygens (including phenoxy) is 1. The fourth-order valence-electron chi connectivity index (χ4n) is 3.88. The van der Waals surface area contributed by atoms with Crippen LogP contribution in [0.5, 0.6) is 5.88 Å². The molecule has 1 atom stereocenters. The SMILES string of the molecule is Cc1cc(OCc2c(F)cccc2F)n2nc(C)c(C(=O)C[C@H](CO)c3ccc(C)o3)c2c1. The van der Waals surface area contributed by atoms with E-state index in [4.69, 9.17) is 9.15 Å². The minimum absolute atomic E-state index is 0.0379. The van der Waals surface area contributed by atoms with Gasteiger partial charge in [0.15, 0.2) is 5.78 Å². The molecule has 33 heavy (non-hydrogen) atoms. The molecule has 0 amide bonds. The third-order valence-corrected chi connectivity index (χ3v) is 5.54. The number of ketones is 1. The summed E-state index contributed by atoms with van der Waals surface area (Å²) < 4.78 is 40.8. The third kappa shape index (κ3) is 4.52. The van der Waals surface area contributed by atoms with Crippen LogP contribution in [0.4, 0.5) is 8.78 Å².